The maximum Gasteiger partial charge on any atom is 0.182 e. The average Bonchev–Trinajstić information content (AvgIpc) is 2.82. The normalized spacial score (nSPS) is 11.3. The predicted octanol–water partition coefficient (Wildman–Crippen LogP) is 4.89. The molecule has 0 unspecified atom stereocenters. The summed E-state index contributed by atoms with van der Waals surface area (Å²) in [4.78, 5) is 7.70. The summed E-state index contributed by atoms with van der Waals surface area (Å²) in [6.45, 7) is 0. The van der Waals surface area contributed by atoms with Crippen molar-refractivity contribution in [1.29, 1.82) is 0 Å². The number of para-hydroxylation sites is 1. The van der Waals surface area contributed by atoms with Crippen molar-refractivity contribution in [2.45, 2.75) is 0 Å². The Morgan fingerprint density at radius 3 is 2.86 bits per heavy atom. The highest BCUT2D eigenvalue weighted by Gasteiger charge is 2.10. The Bertz CT molecular complexity index is 1030. The lowest BCUT2D eigenvalue weighted by atomic mass is 10.2. The third kappa shape index (κ3) is 1.95. The van der Waals surface area contributed by atoms with E-state index in [1.165, 1.54) is 0 Å². The van der Waals surface area contributed by atoms with Crippen LogP contribution in [0.15, 0.2) is 54.7 Å². The van der Waals surface area contributed by atoms with Crippen molar-refractivity contribution >= 4 is 45.8 Å². The fraction of sp³-hybridized carbons (Fsp3) is 0. The summed E-state index contributed by atoms with van der Waals surface area (Å²) in [5.41, 5.74) is 3.77. The number of benzene rings is 2. The number of H-pyrrole nitrogens is 1. The average molecular weight is 312 g/mol. The van der Waals surface area contributed by atoms with Crippen molar-refractivity contribution < 1.29 is 0 Å². The van der Waals surface area contributed by atoms with Gasteiger partial charge in [-0.1, -0.05) is 29.8 Å². The van der Waals surface area contributed by atoms with Crippen LogP contribution in [-0.4, -0.2) is 14.5 Å². The molecule has 5 heteroatoms. The molecule has 1 N–H and O–H groups in total. The molecule has 0 bridgehead atoms. The molecule has 102 valence electrons. The molecule has 0 radical (unpaired) electrons. The van der Waals surface area contributed by atoms with Gasteiger partial charge in [0, 0.05) is 16.6 Å². The van der Waals surface area contributed by atoms with E-state index in [0.29, 0.717) is 9.79 Å². The Hall–Kier alpha value is -2.17. The lowest BCUT2D eigenvalue weighted by Crippen LogP contribution is -1.96. The highest BCUT2D eigenvalue weighted by Crippen LogP contribution is 2.26. The zero-order valence-electron chi connectivity index (χ0n) is 10.9. The number of halogens is 1. The number of imidazole rings is 1. The van der Waals surface area contributed by atoms with Gasteiger partial charge in [-0.15, -0.1) is 0 Å². The van der Waals surface area contributed by atoms with Gasteiger partial charge in [-0.25, -0.2) is 0 Å². The second kappa shape index (κ2) is 4.69. The summed E-state index contributed by atoms with van der Waals surface area (Å²) in [6, 6.07) is 15.7. The molecule has 0 aliphatic carbocycles. The SMILES string of the molecule is S=c1[nH]c2ccc(Cl)cc2n1-c1cccc2cccnc12. The Labute approximate surface area is 130 Å². The number of nitrogens with zero attached hydrogens (tertiary/aromatic N) is 2. The first-order valence-corrected chi connectivity index (χ1v) is 7.27. The quantitative estimate of drug-likeness (QED) is 0.508. The van der Waals surface area contributed by atoms with Gasteiger partial charge in [-0.05, 0) is 42.5 Å². The van der Waals surface area contributed by atoms with Crippen molar-refractivity contribution in [1.82, 2.24) is 14.5 Å². The van der Waals surface area contributed by atoms with E-state index in [-0.39, 0.29) is 0 Å². The number of hydrogen-bond donors (Lipinski definition) is 1. The van der Waals surface area contributed by atoms with Crippen LogP contribution in [0.25, 0.3) is 27.6 Å². The monoisotopic (exact) mass is 311 g/mol. The van der Waals surface area contributed by atoms with Gasteiger partial charge in [0.1, 0.15) is 0 Å². The van der Waals surface area contributed by atoms with Gasteiger partial charge in [0.2, 0.25) is 0 Å². The first-order valence-electron chi connectivity index (χ1n) is 6.48. The van der Waals surface area contributed by atoms with Gasteiger partial charge in [0.05, 0.1) is 22.2 Å². The smallest absolute Gasteiger partial charge is 0.182 e. The minimum absolute atomic E-state index is 0.630. The molecule has 2 heterocycles. The van der Waals surface area contributed by atoms with Gasteiger partial charge in [-0.3, -0.25) is 9.55 Å². The largest absolute Gasteiger partial charge is 0.330 e. The molecular weight excluding hydrogens is 302 g/mol. The Morgan fingerprint density at radius 1 is 1.10 bits per heavy atom. The van der Waals surface area contributed by atoms with Crippen LogP contribution in [0, 0.1) is 4.77 Å². The van der Waals surface area contributed by atoms with E-state index in [0.717, 1.165) is 27.6 Å². The highest BCUT2D eigenvalue weighted by atomic mass is 35.5. The van der Waals surface area contributed by atoms with Crippen molar-refractivity contribution in [2.24, 2.45) is 0 Å². The fourth-order valence-electron chi connectivity index (χ4n) is 2.58. The molecule has 4 aromatic rings. The fourth-order valence-corrected chi connectivity index (χ4v) is 3.06. The maximum atomic E-state index is 6.13. The molecule has 2 aromatic heterocycles. The lowest BCUT2D eigenvalue weighted by molar-refractivity contribution is 1.07. The van der Waals surface area contributed by atoms with E-state index >= 15 is 0 Å². The number of nitrogens with one attached hydrogen (secondary N) is 1. The zero-order valence-corrected chi connectivity index (χ0v) is 12.4. The molecule has 0 spiro atoms. The maximum absolute atomic E-state index is 6.13. The first-order chi connectivity index (χ1) is 10.2. The molecule has 21 heavy (non-hydrogen) atoms. The van der Waals surface area contributed by atoms with Gasteiger partial charge >= 0.3 is 0 Å². The number of hydrogen-bond acceptors (Lipinski definition) is 2. The standard InChI is InChI=1S/C16H10ClN3S/c17-11-6-7-12-14(9-11)20(16(21)19-12)13-5-1-3-10-4-2-8-18-15(10)13/h1-9H,(H,19,21). The van der Waals surface area contributed by atoms with Crippen molar-refractivity contribution in [3.05, 3.63) is 64.5 Å². The molecule has 0 fully saturated rings. The summed E-state index contributed by atoms with van der Waals surface area (Å²) in [7, 11) is 0. The van der Waals surface area contributed by atoms with Gasteiger partial charge < -0.3 is 4.98 Å². The Kier molecular flexibility index (Phi) is 2.80. The zero-order chi connectivity index (χ0) is 14.4. The highest BCUT2D eigenvalue weighted by molar-refractivity contribution is 7.71. The molecule has 3 nitrogen and oxygen atoms in total. The van der Waals surface area contributed by atoms with E-state index in [9.17, 15) is 0 Å². The number of fused-ring (bicyclic) bond motifs is 2. The third-order valence-electron chi connectivity index (χ3n) is 3.50. The summed E-state index contributed by atoms with van der Waals surface area (Å²) in [5, 5.41) is 1.76. The van der Waals surface area contributed by atoms with Crippen molar-refractivity contribution in [2.75, 3.05) is 0 Å². The first kappa shape index (κ1) is 12.6. The van der Waals surface area contributed by atoms with Crippen LogP contribution in [0.4, 0.5) is 0 Å². The van der Waals surface area contributed by atoms with Gasteiger partial charge in [-0.2, -0.15) is 0 Å². The van der Waals surface area contributed by atoms with E-state index in [4.69, 9.17) is 23.8 Å². The van der Waals surface area contributed by atoms with Crippen LogP contribution in [0.1, 0.15) is 0 Å². The van der Waals surface area contributed by atoms with Crippen LogP contribution < -0.4 is 0 Å². The van der Waals surface area contributed by atoms with Crippen molar-refractivity contribution in [3.8, 4) is 5.69 Å². The number of aromatic nitrogens is 3. The number of aromatic amines is 1. The molecule has 0 aliphatic heterocycles. The van der Waals surface area contributed by atoms with Crippen LogP contribution in [-0.2, 0) is 0 Å². The molecule has 0 saturated heterocycles. The van der Waals surface area contributed by atoms with Crippen molar-refractivity contribution in [3.63, 3.8) is 0 Å². The van der Waals surface area contributed by atoms with E-state index < -0.39 is 0 Å². The second-order valence-electron chi connectivity index (χ2n) is 4.78. The molecule has 0 saturated carbocycles. The topological polar surface area (TPSA) is 33.6 Å². The van der Waals surface area contributed by atoms with Crippen LogP contribution in [0.3, 0.4) is 0 Å². The molecule has 0 atom stereocenters. The summed E-state index contributed by atoms with van der Waals surface area (Å²) >= 11 is 11.6. The minimum Gasteiger partial charge on any atom is -0.330 e. The lowest BCUT2D eigenvalue weighted by Gasteiger charge is -2.08. The molecule has 2 aromatic carbocycles. The summed E-state index contributed by atoms with van der Waals surface area (Å²) in [6.07, 6.45) is 1.79. The third-order valence-corrected chi connectivity index (χ3v) is 4.02. The predicted molar refractivity (Wildman–Crippen MR) is 88.8 cm³/mol. The van der Waals surface area contributed by atoms with Crippen LogP contribution in [0.2, 0.25) is 5.02 Å². The van der Waals surface area contributed by atoms with Crippen LogP contribution >= 0.6 is 23.8 Å². The summed E-state index contributed by atoms with van der Waals surface area (Å²) < 4.78 is 2.61. The van der Waals surface area contributed by atoms with Crippen LogP contribution in [0.5, 0.6) is 0 Å². The molecule has 0 amide bonds. The number of rotatable bonds is 1. The molecule has 0 aliphatic rings. The second-order valence-corrected chi connectivity index (χ2v) is 5.60. The van der Waals surface area contributed by atoms with Gasteiger partial charge in [0.15, 0.2) is 4.77 Å². The minimum atomic E-state index is 0.630. The van der Waals surface area contributed by atoms with Gasteiger partial charge in [0.25, 0.3) is 0 Å². The Balaban J connectivity index is 2.16. The van der Waals surface area contributed by atoms with E-state index in [2.05, 4.69) is 9.97 Å². The molecule has 4 rings (SSSR count). The Morgan fingerprint density at radius 2 is 1.95 bits per heavy atom. The van der Waals surface area contributed by atoms with E-state index in [1.807, 2.05) is 53.1 Å². The summed E-state index contributed by atoms with van der Waals surface area (Å²) in [5.74, 6) is 0. The molecular formula is C16H10ClN3S. The number of pyridine rings is 1. The van der Waals surface area contributed by atoms with E-state index in [1.54, 1.807) is 6.20 Å².